The first-order chi connectivity index (χ1) is 5.24. The summed E-state index contributed by atoms with van der Waals surface area (Å²) >= 11 is 0. The van der Waals surface area contributed by atoms with E-state index in [0.29, 0.717) is 17.3 Å². The first-order valence-corrected chi connectivity index (χ1v) is 3.20. The molecule has 2 N–H and O–H groups in total. The van der Waals surface area contributed by atoms with Crippen LogP contribution >= 0.6 is 0 Å². The van der Waals surface area contributed by atoms with Crippen molar-refractivity contribution in [2.45, 2.75) is 0 Å². The molecule has 0 radical (unpaired) electrons. The van der Waals surface area contributed by atoms with Crippen LogP contribution in [0.15, 0.2) is 24.8 Å². The highest BCUT2D eigenvalue weighted by atomic mass is 16.5. The van der Waals surface area contributed by atoms with Crippen molar-refractivity contribution in [1.29, 1.82) is 0 Å². The number of rotatable bonds is 2. The maximum Gasteiger partial charge on any atom is 0.137 e. The Morgan fingerprint density at radius 2 is 2.36 bits per heavy atom. The number of ether oxygens (including phenoxy) is 1. The Hall–Kier alpha value is -1.51. The maximum atomic E-state index is 5.44. The van der Waals surface area contributed by atoms with Gasteiger partial charge in [0.1, 0.15) is 17.3 Å². The summed E-state index contributed by atoms with van der Waals surface area (Å²) in [5, 5.41) is 0. The highest BCUT2D eigenvalue weighted by molar-refractivity contribution is 5.54. The lowest BCUT2D eigenvalue weighted by Crippen LogP contribution is -1.94. The average molecular weight is 150 g/mol. The van der Waals surface area contributed by atoms with Crippen LogP contribution in [0.25, 0.3) is 5.76 Å². The van der Waals surface area contributed by atoms with E-state index in [4.69, 9.17) is 10.5 Å². The molecule has 58 valence electrons. The molecule has 0 aliphatic carbocycles. The van der Waals surface area contributed by atoms with Crippen molar-refractivity contribution < 1.29 is 4.74 Å². The van der Waals surface area contributed by atoms with E-state index < -0.39 is 0 Å². The van der Waals surface area contributed by atoms with Crippen molar-refractivity contribution in [2.24, 2.45) is 0 Å². The van der Waals surface area contributed by atoms with Crippen molar-refractivity contribution in [1.82, 2.24) is 4.98 Å². The number of nitrogens with zero attached hydrogens (tertiary/aromatic N) is 1. The second-order valence-electron chi connectivity index (χ2n) is 2.07. The van der Waals surface area contributed by atoms with Crippen LogP contribution < -0.4 is 5.73 Å². The molecule has 0 saturated carbocycles. The molecule has 0 aliphatic rings. The zero-order chi connectivity index (χ0) is 8.27. The highest BCUT2D eigenvalue weighted by Crippen LogP contribution is 2.10. The van der Waals surface area contributed by atoms with Crippen LogP contribution in [0.5, 0.6) is 0 Å². The molecule has 1 aromatic heterocycles. The van der Waals surface area contributed by atoms with Crippen LogP contribution in [0.3, 0.4) is 0 Å². The van der Waals surface area contributed by atoms with Crippen molar-refractivity contribution >= 4 is 11.6 Å². The highest BCUT2D eigenvalue weighted by Gasteiger charge is 1.98. The molecular formula is C8H10N2O. The van der Waals surface area contributed by atoms with Gasteiger partial charge in [-0.1, -0.05) is 12.6 Å². The number of nitrogen functional groups attached to an aromatic ring is 1. The van der Waals surface area contributed by atoms with Crippen molar-refractivity contribution in [3.8, 4) is 0 Å². The Morgan fingerprint density at radius 3 is 2.91 bits per heavy atom. The molecule has 1 rings (SSSR count). The van der Waals surface area contributed by atoms with Gasteiger partial charge in [0.05, 0.1) is 7.11 Å². The van der Waals surface area contributed by atoms with Gasteiger partial charge < -0.3 is 10.5 Å². The Labute approximate surface area is 65.5 Å². The monoisotopic (exact) mass is 150 g/mol. The third-order valence-electron chi connectivity index (χ3n) is 1.30. The third-order valence-corrected chi connectivity index (χ3v) is 1.30. The van der Waals surface area contributed by atoms with Crippen LogP contribution in [-0.4, -0.2) is 12.1 Å². The van der Waals surface area contributed by atoms with Gasteiger partial charge in [-0.2, -0.15) is 0 Å². The summed E-state index contributed by atoms with van der Waals surface area (Å²) in [6.45, 7) is 3.64. The predicted octanol–water partition coefficient (Wildman–Crippen LogP) is 1.28. The van der Waals surface area contributed by atoms with Crippen LogP contribution in [0.1, 0.15) is 5.69 Å². The lowest BCUT2D eigenvalue weighted by atomic mass is 10.3. The molecule has 0 aliphatic heterocycles. The van der Waals surface area contributed by atoms with Crippen molar-refractivity contribution in [3.63, 3.8) is 0 Å². The molecule has 3 heteroatoms. The quantitative estimate of drug-likeness (QED) is 0.646. The Morgan fingerprint density at radius 1 is 1.64 bits per heavy atom. The number of pyridine rings is 1. The largest absolute Gasteiger partial charge is 0.495 e. The van der Waals surface area contributed by atoms with Crippen molar-refractivity contribution in [3.05, 3.63) is 30.5 Å². The van der Waals surface area contributed by atoms with Gasteiger partial charge in [0.2, 0.25) is 0 Å². The molecule has 1 aromatic rings. The van der Waals surface area contributed by atoms with Crippen LogP contribution in [-0.2, 0) is 4.74 Å². The lowest BCUT2D eigenvalue weighted by molar-refractivity contribution is 0.369. The summed E-state index contributed by atoms with van der Waals surface area (Å²) in [5.74, 6) is 0.998. The first-order valence-electron chi connectivity index (χ1n) is 3.20. The van der Waals surface area contributed by atoms with Gasteiger partial charge in [0.25, 0.3) is 0 Å². The Kier molecular flexibility index (Phi) is 2.11. The summed E-state index contributed by atoms with van der Waals surface area (Å²) in [5.41, 5.74) is 6.12. The normalized spacial score (nSPS) is 9.18. The van der Waals surface area contributed by atoms with Gasteiger partial charge in [-0.15, -0.1) is 0 Å². The second-order valence-corrected chi connectivity index (χ2v) is 2.07. The lowest BCUT2D eigenvalue weighted by Gasteiger charge is -2.02. The van der Waals surface area contributed by atoms with E-state index in [0.717, 1.165) is 0 Å². The molecule has 3 nitrogen and oxygen atoms in total. The number of nitrogens with two attached hydrogens (primary N) is 1. The smallest absolute Gasteiger partial charge is 0.137 e. The van der Waals surface area contributed by atoms with Gasteiger partial charge in [-0.3, -0.25) is 0 Å². The van der Waals surface area contributed by atoms with E-state index in [1.165, 1.54) is 0 Å². The van der Waals surface area contributed by atoms with Gasteiger partial charge >= 0.3 is 0 Å². The van der Waals surface area contributed by atoms with Crippen molar-refractivity contribution in [2.75, 3.05) is 12.8 Å². The van der Waals surface area contributed by atoms with E-state index >= 15 is 0 Å². The number of anilines is 1. The number of hydrogen-bond donors (Lipinski definition) is 1. The van der Waals surface area contributed by atoms with Crippen LogP contribution in [0, 0.1) is 0 Å². The topological polar surface area (TPSA) is 48.1 Å². The van der Waals surface area contributed by atoms with Gasteiger partial charge in [0, 0.05) is 0 Å². The Bertz CT molecular complexity index is 271. The summed E-state index contributed by atoms with van der Waals surface area (Å²) in [7, 11) is 1.55. The number of methoxy groups -OCH3 is 1. The SMILES string of the molecule is C=C(OC)c1cccc(N)n1. The minimum Gasteiger partial charge on any atom is -0.495 e. The predicted molar refractivity (Wildman–Crippen MR) is 44.7 cm³/mol. The molecule has 0 unspecified atom stereocenters. The fourth-order valence-corrected chi connectivity index (χ4v) is 0.711. The van der Waals surface area contributed by atoms with Gasteiger partial charge in [-0.05, 0) is 12.1 Å². The molecule has 1 heterocycles. The average Bonchev–Trinajstić information content (AvgIpc) is 2.03. The summed E-state index contributed by atoms with van der Waals surface area (Å²) in [6.07, 6.45) is 0. The van der Waals surface area contributed by atoms with E-state index in [1.807, 2.05) is 6.07 Å². The maximum absolute atomic E-state index is 5.44. The molecule has 0 fully saturated rings. The minimum atomic E-state index is 0.473. The first kappa shape index (κ1) is 7.60. The fourth-order valence-electron chi connectivity index (χ4n) is 0.711. The van der Waals surface area contributed by atoms with E-state index in [1.54, 1.807) is 19.2 Å². The summed E-state index contributed by atoms with van der Waals surface area (Å²) < 4.78 is 4.88. The van der Waals surface area contributed by atoms with Crippen LogP contribution in [0.4, 0.5) is 5.82 Å². The van der Waals surface area contributed by atoms with E-state index in [2.05, 4.69) is 11.6 Å². The molecule has 0 atom stereocenters. The standard InChI is InChI=1S/C8H10N2O/c1-6(11-2)7-4-3-5-8(9)10-7/h3-5H,1H2,2H3,(H2,9,10). The van der Waals surface area contributed by atoms with E-state index in [9.17, 15) is 0 Å². The molecule has 11 heavy (non-hydrogen) atoms. The fraction of sp³-hybridized carbons (Fsp3) is 0.125. The molecule has 0 amide bonds. The number of aromatic nitrogens is 1. The molecule has 0 spiro atoms. The zero-order valence-corrected chi connectivity index (χ0v) is 6.37. The summed E-state index contributed by atoms with van der Waals surface area (Å²) in [6, 6.07) is 5.32. The molecule has 0 saturated heterocycles. The minimum absolute atomic E-state index is 0.473. The van der Waals surface area contributed by atoms with Crippen LogP contribution in [0.2, 0.25) is 0 Å². The molecular weight excluding hydrogens is 140 g/mol. The number of hydrogen-bond acceptors (Lipinski definition) is 3. The third kappa shape index (κ3) is 1.70. The summed E-state index contributed by atoms with van der Waals surface area (Å²) in [4.78, 5) is 4.00. The molecule has 0 bridgehead atoms. The van der Waals surface area contributed by atoms with E-state index in [-0.39, 0.29) is 0 Å². The zero-order valence-electron chi connectivity index (χ0n) is 6.37. The van der Waals surface area contributed by atoms with Gasteiger partial charge in [0.15, 0.2) is 0 Å². The second kappa shape index (κ2) is 3.05. The van der Waals surface area contributed by atoms with Gasteiger partial charge in [-0.25, -0.2) is 4.98 Å². The Balaban J connectivity index is 2.96. The molecule has 0 aromatic carbocycles.